The van der Waals surface area contributed by atoms with Gasteiger partial charge in [-0.1, -0.05) is 33.1 Å². The molecule has 0 heterocycles. The Bertz CT molecular complexity index is 141. The Morgan fingerprint density at radius 1 is 1.38 bits per heavy atom. The van der Waals surface area contributed by atoms with Gasteiger partial charge in [-0.25, -0.2) is 0 Å². The molecule has 1 rings (SSSR count). The van der Waals surface area contributed by atoms with E-state index in [1.54, 1.807) is 0 Å². The van der Waals surface area contributed by atoms with Crippen LogP contribution in [0, 0.1) is 5.92 Å². The van der Waals surface area contributed by atoms with Crippen LogP contribution in [0.4, 0.5) is 0 Å². The molecule has 2 nitrogen and oxygen atoms in total. The molecule has 1 atom stereocenters. The van der Waals surface area contributed by atoms with E-state index in [1.807, 2.05) is 0 Å². The van der Waals surface area contributed by atoms with E-state index in [4.69, 9.17) is 0 Å². The summed E-state index contributed by atoms with van der Waals surface area (Å²) in [6, 6.07) is 0. The van der Waals surface area contributed by atoms with Gasteiger partial charge in [-0.15, -0.1) is 0 Å². The molecular weight excluding hydrogens is 162 g/mol. The highest BCUT2D eigenvalue weighted by atomic mass is 16.3. The Morgan fingerprint density at radius 3 is 2.54 bits per heavy atom. The van der Waals surface area contributed by atoms with Gasteiger partial charge in [-0.05, 0) is 25.3 Å². The number of nitrogens with one attached hydrogen (secondary N) is 1. The lowest BCUT2D eigenvalue weighted by Gasteiger charge is -2.23. The van der Waals surface area contributed by atoms with Gasteiger partial charge in [0, 0.05) is 6.54 Å². The van der Waals surface area contributed by atoms with Crippen molar-refractivity contribution in [2.24, 2.45) is 5.92 Å². The van der Waals surface area contributed by atoms with Gasteiger partial charge >= 0.3 is 0 Å². The molecule has 0 aliphatic heterocycles. The summed E-state index contributed by atoms with van der Waals surface area (Å²) in [6.07, 6.45) is 5.58. The molecule has 0 saturated heterocycles. The summed E-state index contributed by atoms with van der Waals surface area (Å²) in [6.45, 7) is 6.28. The largest absolute Gasteiger partial charge is 0.389 e. The molecule has 78 valence electrons. The molecule has 0 radical (unpaired) electrons. The lowest BCUT2D eigenvalue weighted by atomic mass is 10.0. The summed E-state index contributed by atoms with van der Waals surface area (Å²) in [5.74, 6) is 0.727. The predicted octanol–water partition coefficient (Wildman–Crippen LogP) is 1.93. The first-order valence-electron chi connectivity index (χ1n) is 5.59. The second-order valence-electron chi connectivity index (χ2n) is 4.58. The Hall–Kier alpha value is -0.0800. The minimum atomic E-state index is -0.381. The van der Waals surface area contributed by atoms with Crippen LogP contribution in [0.2, 0.25) is 0 Å². The first-order chi connectivity index (χ1) is 6.16. The van der Waals surface area contributed by atoms with E-state index in [0.29, 0.717) is 0 Å². The summed E-state index contributed by atoms with van der Waals surface area (Å²) < 4.78 is 0. The van der Waals surface area contributed by atoms with Crippen molar-refractivity contribution in [3.05, 3.63) is 0 Å². The van der Waals surface area contributed by atoms with Gasteiger partial charge in [0.2, 0.25) is 0 Å². The normalized spacial score (nSPS) is 23.3. The van der Waals surface area contributed by atoms with Crippen LogP contribution in [-0.2, 0) is 0 Å². The van der Waals surface area contributed by atoms with E-state index in [2.05, 4.69) is 19.2 Å². The van der Waals surface area contributed by atoms with Crippen LogP contribution in [0.15, 0.2) is 0 Å². The maximum absolute atomic E-state index is 10.0. The Balaban J connectivity index is 2.11. The summed E-state index contributed by atoms with van der Waals surface area (Å²) in [5, 5.41) is 13.4. The van der Waals surface area contributed by atoms with Gasteiger partial charge in [0.05, 0.1) is 5.60 Å². The van der Waals surface area contributed by atoms with Gasteiger partial charge in [0.25, 0.3) is 0 Å². The lowest BCUT2D eigenvalue weighted by Crippen LogP contribution is -2.39. The van der Waals surface area contributed by atoms with Crippen molar-refractivity contribution in [3.8, 4) is 0 Å². The van der Waals surface area contributed by atoms with Crippen LogP contribution in [0.1, 0.15) is 46.0 Å². The van der Waals surface area contributed by atoms with E-state index in [-0.39, 0.29) is 5.60 Å². The third-order valence-electron chi connectivity index (χ3n) is 3.18. The molecule has 2 heteroatoms. The second kappa shape index (κ2) is 4.97. The van der Waals surface area contributed by atoms with Gasteiger partial charge in [-0.3, -0.25) is 0 Å². The standard InChI is InChI=1S/C11H23NO/c1-3-10(2)8-12-9-11(13)6-4-5-7-11/h10,12-13H,3-9H2,1-2H3. The van der Waals surface area contributed by atoms with Crippen LogP contribution in [-0.4, -0.2) is 23.8 Å². The molecule has 0 amide bonds. The van der Waals surface area contributed by atoms with Crippen LogP contribution in [0.3, 0.4) is 0 Å². The number of aliphatic hydroxyl groups is 1. The minimum Gasteiger partial charge on any atom is -0.389 e. The van der Waals surface area contributed by atoms with E-state index in [0.717, 1.165) is 31.8 Å². The maximum atomic E-state index is 10.0. The molecule has 1 saturated carbocycles. The topological polar surface area (TPSA) is 32.3 Å². The fraction of sp³-hybridized carbons (Fsp3) is 1.00. The fourth-order valence-electron chi connectivity index (χ4n) is 1.91. The molecule has 2 N–H and O–H groups in total. The van der Waals surface area contributed by atoms with Crippen molar-refractivity contribution in [3.63, 3.8) is 0 Å². The third-order valence-corrected chi connectivity index (χ3v) is 3.18. The Kier molecular flexibility index (Phi) is 4.20. The minimum absolute atomic E-state index is 0.381. The number of hydrogen-bond acceptors (Lipinski definition) is 2. The average Bonchev–Trinajstić information content (AvgIpc) is 2.52. The van der Waals surface area contributed by atoms with Crippen molar-refractivity contribution in [1.29, 1.82) is 0 Å². The summed E-state index contributed by atoms with van der Waals surface area (Å²) in [4.78, 5) is 0. The van der Waals surface area contributed by atoms with Crippen molar-refractivity contribution in [2.45, 2.75) is 51.6 Å². The van der Waals surface area contributed by atoms with Crippen LogP contribution >= 0.6 is 0 Å². The van der Waals surface area contributed by atoms with Crippen LogP contribution in [0.5, 0.6) is 0 Å². The first-order valence-corrected chi connectivity index (χ1v) is 5.59. The molecule has 0 aromatic carbocycles. The van der Waals surface area contributed by atoms with Crippen molar-refractivity contribution in [1.82, 2.24) is 5.32 Å². The molecule has 1 unspecified atom stereocenters. The molecule has 1 aliphatic rings. The highest BCUT2D eigenvalue weighted by molar-refractivity contribution is 4.86. The molecule has 1 aliphatic carbocycles. The van der Waals surface area contributed by atoms with Crippen molar-refractivity contribution >= 4 is 0 Å². The van der Waals surface area contributed by atoms with Crippen molar-refractivity contribution in [2.75, 3.05) is 13.1 Å². The number of hydrogen-bond donors (Lipinski definition) is 2. The van der Waals surface area contributed by atoms with E-state index in [1.165, 1.54) is 19.3 Å². The second-order valence-corrected chi connectivity index (χ2v) is 4.58. The zero-order valence-electron chi connectivity index (χ0n) is 8.97. The first kappa shape index (κ1) is 11.0. The highest BCUT2D eigenvalue weighted by Crippen LogP contribution is 2.28. The van der Waals surface area contributed by atoms with Gasteiger partial charge < -0.3 is 10.4 Å². The smallest absolute Gasteiger partial charge is 0.0771 e. The molecule has 0 spiro atoms. The summed E-state index contributed by atoms with van der Waals surface area (Å²) in [5.41, 5.74) is -0.381. The van der Waals surface area contributed by atoms with E-state index >= 15 is 0 Å². The Labute approximate surface area is 81.7 Å². The zero-order valence-corrected chi connectivity index (χ0v) is 8.97. The van der Waals surface area contributed by atoms with Gasteiger partial charge in [0.15, 0.2) is 0 Å². The quantitative estimate of drug-likeness (QED) is 0.686. The summed E-state index contributed by atoms with van der Waals surface area (Å²) >= 11 is 0. The number of rotatable bonds is 5. The van der Waals surface area contributed by atoms with E-state index in [9.17, 15) is 5.11 Å². The SMILES string of the molecule is CCC(C)CNCC1(O)CCCC1. The molecule has 1 fully saturated rings. The lowest BCUT2D eigenvalue weighted by molar-refractivity contribution is 0.0470. The molecule has 0 aromatic rings. The predicted molar refractivity (Wildman–Crippen MR) is 55.7 cm³/mol. The third kappa shape index (κ3) is 3.65. The maximum Gasteiger partial charge on any atom is 0.0771 e. The molecule has 0 aromatic heterocycles. The Morgan fingerprint density at radius 2 is 2.00 bits per heavy atom. The van der Waals surface area contributed by atoms with Crippen molar-refractivity contribution < 1.29 is 5.11 Å². The molecule has 0 bridgehead atoms. The van der Waals surface area contributed by atoms with Crippen LogP contribution in [0.25, 0.3) is 0 Å². The summed E-state index contributed by atoms with van der Waals surface area (Å²) in [7, 11) is 0. The zero-order chi connectivity index (χ0) is 9.73. The molecule has 13 heavy (non-hydrogen) atoms. The van der Waals surface area contributed by atoms with Gasteiger partial charge in [-0.2, -0.15) is 0 Å². The highest BCUT2D eigenvalue weighted by Gasteiger charge is 2.30. The average molecular weight is 185 g/mol. The van der Waals surface area contributed by atoms with Crippen LogP contribution < -0.4 is 5.32 Å². The fourth-order valence-corrected chi connectivity index (χ4v) is 1.91. The molecular formula is C11H23NO. The van der Waals surface area contributed by atoms with E-state index < -0.39 is 0 Å². The monoisotopic (exact) mass is 185 g/mol. The van der Waals surface area contributed by atoms with Gasteiger partial charge in [0.1, 0.15) is 0 Å².